The molecule has 1 saturated heterocycles. The summed E-state index contributed by atoms with van der Waals surface area (Å²) in [5, 5.41) is 0.0619. The molecular weight excluding hydrogens is 463 g/mol. The second-order valence-electron chi connectivity index (χ2n) is 9.27. The van der Waals surface area contributed by atoms with Crippen LogP contribution in [-0.4, -0.2) is 26.1 Å². The molecule has 0 atom stereocenters. The van der Waals surface area contributed by atoms with Gasteiger partial charge in [-0.25, -0.2) is 12.8 Å². The van der Waals surface area contributed by atoms with Crippen LogP contribution in [-0.2, 0) is 16.4 Å². The fourth-order valence-electron chi connectivity index (χ4n) is 4.81. The van der Waals surface area contributed by atoms with Crippen molar-refractivity contribution in [3.63, 3.8) is 0 Å². The SMILES string of the molecule is Cc1cccc(Cn2cc(S(=O)(=O)c3cccc(C)c3)c(=O)c3cc(F)c(N4CCCC4)cc32)c1. The van der Waals surface area contributed by atoms with Gasteiger partial charge in [-0.05, 0) is 62.1 Å². The minimum absolute atomic E-state index is 0.0465. The van der Waals surface area contributed by atoms with Gasteiger partial charge in [0.1, 0.15) is 10.7 Å². The number of rotatable bonds is 5. The van der Waals surface area contributed by atoms with E-state index in [0.29, 0.717) is 17.7 Å². The van der Waals surface area contributed by atoms with E-state index < -0.39 is 21.1 Å². The van der Waals surface area contributed by atoms with Crippen LogP contribution in [0.1, 0.15) is 29.5 Å². The maximum absolute atomic E-state index is 15.2. The molecule has 35 heavy (non-hydrogen) atoms. The molecule has 5 nitrogen and oxygen atoms in total. The number of aryl methyl sites for hydroxylation is 2. The van der Waals surface area contributed by atoms with Crippen molar-refractivity contribution in [1.82, 2.24) is 4.57 Å². The van der Waals surface area contributed by atoms with Gasteiger partial charge >= 0.3 is 0 Å². The largest absolute Gasteiger partial charge is 0.369 e. The van der Waals surface area contributed by atoms with E-state index in [-0.39, 0.29) is 15.2 Å². The molecule has 1 fully saturated rings. The second-order valence-corrected chi connectivity index (χ2v) is 11.2. The third kappa shape index (κ3) is 4.36. The number of nitrogens with zero attached hydrogens (tertiary/aromatic N) is 2. The summed E-state index contributed by atoms with van der Waals surface area (Å²) in [5.41, 5.74) is 3.08. The Morgan fingerprint density at radius 2 is 1.60 bits per heavy atom. The molecule has 0 spiro atoms. The van der Waals surface area contributed by atoms with Gasteiger partial charge in [0.05, 0.1) is 21.5 Å². The number of anilines is 1. The van der Waals surface area contributed by atoms with Crippen molar-refractivity contribution in [2.45, 2.75) is 43.0 Å². The summed E-state index contributed by atoms with van der Waals surface area (Å²) in [5.74, 6) is -0.510. The lowest BCUT2D eigenvalue weighted by atomic mass is 10.1. The minimum Gasteiger partial charge on any atom is -0.369 e. The number of benzene rings is 3. The Morgan fingerprint density at radius 1 is 0.914 bits per heavy atom. The van der Waals surface area contributed by atoms with Crippen LogP contribution in [0, 0.1) is 19.7 Å². The van der Waals surface area contributed by atoms with E-state index in [9.17, 15) is 13.2 Å². The lowest BCUT2D eigenvalue weighted by molar-refractivity contribution is 0.593. The first-order valence-electron chi connectivity index (χ1n) is 11.7. The fraction of sp³-hybridized carbons (Fsp3) is 0.250. The molecule has 0 radical (unpaired) electrons. The smallest absolute Gasteiger partial charge is 0.211 e. The average molecular weight is 491 g/mol. The zero-order chi connectivity index (χ0) is 24.7. The summed E-state index contributed by atoms with van der Waals surface area (Å²) < 4.78 is 44.1. The van der Waals surface area contributed by atoms with Crippen LogP contribution in [0.5, 0.6) is 0 Å². The van der Waals surface area contributed by atoms with Gasteiger partial charge in [0.15, 0.2) is 0 Å². The number of hydrogen-bond acceptors (Lipinski definition) is 4. The predicted molar refractivity (Wildman–Crippen MR) is 137 cm³/mol. The molecular formula is C28H27FN2O3S. The maximum atomic E-state index is 15.2. The van der Waals surface area contributed by atoms with Crippen molar-refractivity contribution in [1.29, 1.82) is 0 Å². The lowest BCUT2D eigenvalue weighted by Crippen LogP contribution is -2.22. The van der Waals surface area contributed by atoms with Crippen molar-refractivity contribution in [3.05, 3.63) is 99.6 Å². The van der Waals surface area contributed by atoms with E-state index in [1.54, 1.807) is 35.8 Å². The molecule has 3 aromatic carbocycles. The zero-order valence-corrected chi connectivity index (χ0v) is 20.6. The molecule has 0 aliphatic carbocycles. The minimum atomic E-state index is -4.11. The number of fused-ring (bicyclic) bond motifs is 1. The van der Waals surface area contributed by atoms with Crippen LogP contribution < -0.4 is 10.3 Å². The first kappa shape index (κ1) is 23.3. The normalized spacial score (nSPS) is 14.1. The standard InChI is InChI=1S/C28H27FN2O3S/c1-19-7-5-9-21(13-19)17-31-18-27(35(33,34)22-10-6-8-20(2)14-22)28(32)23-15-24(29)26(16-25(23)31)30-11-3-4-12-30/h5-10,13-16,18H,3-4,11-12,17H2,1-2H3. The Morgan fingerprint density at radius 3 is 2.29 bits per heavy atom. The molecule has 7 heteroatoms. The predicted octanol–water partition coefficient (Wildman–Crippen LogP) is 5.24. The first-order valence-corrected chi connectivity index (χ1v) is 13.2. The van der Waals surface area contributed by atoms with Gasteiger partial charge < -0.3 is 9.47 Å². The van der Waals surface area contributed by atoms with Crippen LogP contribution in [0.3, 0.4) is 0 Å². The van der Waals surface area contributed by atoms with Gasteiger partial charge in [-0.2, -0.15) is 0 Å². The lowest BCUT2D eigenvalue weighted by Gasteiger charge is -2.21. The Balaban J connectivity index is 1.77. The number of hydrogen-bond donors (Lipinski definition) is 0. The Kier molecular flexibility index (Phi) is 5.97. The Bertz CT molecular complexity index is 1600. The molecule has 1 aliphatic rings. The van der Waals surface area contributed by atoms with E-state index in [4.69, 9.17) is 0 Å². The van der Waals surface area contributed by atoms with Crippen molar-refractivity contribution >= 4 is 26.4 Å². The topological polar surface area (TPSA) is 59.4 Å². The molecule has 0 N–H and O–H groups in total. The van der Waals surface area contributed by atoms with E-state index in [1.807, 2.05) is 36.1 Å². The van der Waals surface area contributed by atoms with Crippen LogP contribution >= 0.6 is 0 Å². The highest BCUT2D eigenvalue weighted by atomic mass is 32.2. The molecule has 0 unspecified atom stereocenters. The maximum Gasteiger partial charge on any atom is 0.211 e. The monoisotopic (exact) mass is 490 g/mol. The van der Waals surface area contributed by atoms with Crippen molar-refractivity contribution in [3.8, 4) is 0 Å². The van der Waals surface area contributed by atoms with Crippen molar-refractivity contribution < 1.29 is 12.8 Å². The van der Waals surface area contributed by atoms with E-state index in [0.717, 1.165) is 42.6 Å². The van der Waals surface area contributed by atoms with Gasteiger partial charge in [-0.15, -0.1) is 0 Å². The van der Waals surface area contributed by atoms with E-state index in [1.165, 1.54) is 18.3 Å². The van der Waals surface area contributed by atoms with Crippen LogP contribution in [0.25, 0.3) is 10.9 Å². The highest BCUT2D eigenvalue weighted by molar-refractivity contribution is 7.91. The Labute approximate surface area is 204 Å². The second kappa shape index (κ2) is 8.96. The van der Waals surface area contributed by atoms with E-state index in [2.05, 4.69) is 0 Å². The summed E-state index contributed by atoms with van der Waals surface area (Å²) in [4.78, 5) is 15.2. The third-order valence-electron chi connectivity index (χ3n) is 6.59. The first-order chi connectivity index (χ1) is 16.7. The van der Waals surface area contributed by atoms with Crippen LogP contribution in [0.2, 0.25) is 0 Å². The van der Waals surface area contributed by atoms with Gasteiger partial charge in [0.25, 0.3) is 0 Å². The molecule has 4 aromatic rings. The number of sulfone groups is 1. The van der Waals surface area contributed by atoms with Crippen LogP contribution in [0.4, 0.5) is 10.1 Å². The molecule has 180 valence electrons. The van der Waals surface area contributed by atoms with Gasteiger partial charge in [0, 0.05) is 25.8 Å². The molecule has 5 rings (SSSR count). The summed E-state index contributed by atoms with van der Waals surface area (Å²) in [6.45, 7) is 5.64. The van der Waals surface area contributed by atoms with Gasteiger partial charge in [-0.3, -0.25) is 4.79 Å². The highest BCUT2D eigenvalue weighted by Gasteiger charge is 2.26. The highest BCUT2D eigenvalue weighted by Crippen LogP contribution is 2.30. The number of pyridine rings is 1. The molecule has 1 aliphatic heterocycles. The van der Waals surface area contributed by atoms with Crippen LogP contribution in [0.15, 0.2) is 81.4 Å². The van der Waals surface area contributed by atoms with Gasteiger partial charge in [0.2, 0.25) is 15.3 Å². The molecule has 1 aromatic heterocycles. The quantitative estimate of drug-likeness (QED) is 0.384. The summed E-state index contributed by atoms with van der Waals surface area (Å²) in [6, 6.07) is 17.3. The van der Waals surface area contributed by atoms with Gasteiger partial charge in [-0.1, -0.05) is 42.0 Å². The van der Waals surface area contributed by atoms with Crippen molar-refractivity contribution in [2.24, 2.45) is 0 Å². The van der Waals surface area contributed by atoms with E-state index >= 15 is 4.39 Å². The summed E-state index contributed by atoms with van der Waals surface area (Å²) in [7, 11) is -4.11. The summed E-state index contributed by atoms with van der Waals surface area (Å²) >= 11 is 0. The van der Waals surface area contributed by atoms with Crippen molar-refractivity contribution in [2.75, 3.05) is 18.0 Å². The zero-order valence-electron chi connectivity index (χ0n) is 19.8. The Hall–Kier alpha value is -3.45. The average Bonchev–Trinajstić information content (AvgIpc) is 3.35. The third-order valence-corrected chi connectivity index (χ3v) is 8.33. The molecule has 0 amide bonds. The molecule has 2 heterocycles. The molecule has 0 bridgehead atoms. The number of halogens is 1. The summed E-state index contributed by atoms with van der Waals surface area (Å²) in [6.07, 6.45) is 3.39. The number of aromatic nitrogens is 1. The molecule has 0 saturated carbocycles. The fourth-order valence-corrected chi connectivity index (χ4v) is 6.28.